The third kappa shape index (κ3) is 3.54. The molecule has 1 N–H and O–H groups in total. The monoisotopic (exact) mass is 327 g/mol. The Kier molecular flexibility index (Phi) is 4.84. The summed E-state index contributed by atoms with van der Waals surface area (Å²) >= 11 is 1.15. The highest BCUT2D eigenvalue weighted by Crippen LogP contribution is 2.31. The van der Waals surface area contributed by atoms with Crippen LogP contribution in [0, 0.1) is 5.92 Å². The number of furan rings is 1. The average molecular weight is 327 g/mol. The van der Waals surface area contributed by atoms with E-state index in [0.29, 0.717) is 5.76 Å². The van der Waals surface area contributed by atoms with Gasteiger partial charge < -0.3 is 9.73 Å². The minimum absolute atomic E-state index is 0.00917. The Balaban J connectivity index is 2.28. The summed E-state index contributed by atoms with van der Waals surface area (Å²) in [4.78, 5) is 11.7. The summed E-state index contributed by atoms with van der Waals surface area (Å²) in [5.41, 5.74) is 0. The first-order valence-electron chi connectivity index (χ1n) is 6.51. The second-order valence-corrected chi connectivity index (χ2v) is 8.19. The molecular formula is C14H17NO4S2. The molecule has 0 aliphatic heterocycles. The number of amides is 1. The second kappa shape index (κ2) is 6.44. The van der Waals surface area contributed by atoms with Gasteiger partial charge in [0.2, 0.25) is 5.91 Å². The van der Waals surface area contributed by atoms with Crippen molar-refractivity contribution in [3.8, 4) is 0 Å². The van der Waals surface area contributed by atoms with E-state index in [2.05, 4.69) is 5.32 Å². The molecule has 0 aromatic carbocycles. The molecule has 0 unspecified atom stereocenters. The number of hydrogen-bond acceptors (Lipinski definition) is 5. The lowest BCUT2D eigenvalue weighted by atomic mass is 10.2. The van der Waals surface area contributed by atoms with E-state index in [-0.39, 0.29) is 22.6 Å². The molecule has 1 atom stereocenters. The van der Waals surface area contributed by atoms with Crippen molar-refractivity contribution in [2.24, 2.45) is 5.92 Å². The van der Waals surface area contributed by atoms with Gasteiger partial charge in [-0.2, -0.15) is 0 Å². The fourth-order valence-electron chi connectivity index (χ4n) is 1.80. The lowest BCUT2D eigenvalue weighted by molar-refractivity contribution is -0.123. The molecule has 0 fully saturated rings. The maximum Gasteiger partial charge on any atom is 0.222 e. The van der Waals surface area contributed by atoms with E-state index < -0.39 is 15.1 Å². The van der Waals surface area contributed by atoms with Crippen LogP contribution in [0.1, 0.15) is 24.9 Å². The molecule has 0 saturated carbocycles. The third-order valence-electron chi connectivity index (χ3n) is 3.00. The van der Waals surface area contributed by atoms with Gasteiger partial charge in [-0.15, -0.1) is 11.3 Å². The number of carbonyl (C=O) groups excluding carboxylic acids is 1. The van der Waals surface area contributed by atoms with Gasteiger partial charge >= 0.3 is 0 Å². The molecular weight excluding hydrogens is 310 g/mol. The lowest BCUT2D eigenvalue weighted by Gasteiger charge is -2.16. The minimum atomic E-state index is -3.59. The van der Waals surface area contributed by atoms with Crippen LogP contribution in [0.5, 0.6) is 0 Å². The molecule has 5 nitrogen and oxygen atoms in total. The zero-order valence-corrected chi connectivity index (χ0v) is 13.4. The van der Waals surface area contributed by atoms with Crippen LogP contribution < -0.4 is 5.32 Å². The molecule has 0 radical (unpaired) electrons. The Labute approximate surface area is 127 Å². The van der Waals surface area contributed by atoms with E-state index in [1.807, 2.05) is 0 Å². The average Bonchev–Trinajstić information content (AvgIpc) is 3.11. The Hall–Kier alpha value is -1.60. The summed E-state index contributed by atoms with van der Waals surface area (Å²) in [5, 5.41) is 3.45. The third-order valence-corrected chi connectivity index (χ3v) is 6.49. The molecule has 0 bridgehead atoms. The smallest absolute Gasteiger partial charge is 0.222 e. The zero-order chi connectivity index (χ0) is 15.5. The summed E-state index contributed by atoms with van der Waals surface area (Å²) in [6.45, 7) is 3.50. The van der Waals surface area contributed by atoms with E-state index >= 15 is 0 Å². The normalized spacial score (nSPS) is 13.3. The van der Waals surface area contributed by atoms with Crippen molar-refractivity contribution in [2.45, 2.75) is 23.3 Å². The quantitative estimate of drug-likeness (QED) is 0.885. The molecule has 114 valence electrons. The molecule has 2 heterocycles. The summed E-state index contributed by atoms with van der Waals surface area (Å²) < 4.78 is 30.9. The minimum Gasteiger partial charge on any atom is -0.468 e. The predicted octanol–water partition coefficient (Wildman–Crippen LogP) is 2.63. The fraction of sp³-hybridized carbons (Fsp3) is 0.357. The van der Waals surface area contributed by atoms with Crippen molar-refractivity contribution in [1.82, 2.24) is 5.32 Å². The van der Waals surface area contributed by atoms with Crippen molar-refractivity contribution in [1.29, 1.82) is 0 Å². The maximum absolute atomic E-state index is 12.7. The first-order valence-corrected chi connectivity index (χ1v) is 8.94. The zero-order valence-electron chi connectivity index (χ0n) is 11.8. The Morgan fingerprint density at radius 3 is 2.62 bits per heavy atom. The van der Waals surface area contributed by atoms with Crippen LogP contribution in [0.4, 0.5) is 0 Å². The summed E-state index contributed by atoms with van der Waals surface area (Å²) in [6, 6.07) is 6.48. The molecule has 2 aromatic heterocycles. The summed E-state index contributed by atoms with van der Waals surface area (Å²) in [6.07, 6.45) is 1.43. The van der Waals surface area contributed by atoms with Gasteiger partial charge in [0.05, 0.1) is 6.26 Å². The molecule has 1 amide bonds. The predicted molar refractivity (Wildman–Crippen MR) is 80.8 cm³/mol. The Morgan fingerprint density at radius 2 is 2.10 bits per heavy atom. The van der Waals surface area contributed by atoms with Gasteiger partial charge in [-0.25, -0.2) is 8.42 Å². The molecule has 2 aromatic rings. The highest BCUT2D eigenvalue weighted by atomic mass is 32.2. The van der Waals surface area contributed by atoms with E-state index in [1.54, 1.807) is 43.5 Å². The van der Waals surface area contributed by atoms with E-state index in [9.17, 15) is 13.2 Å². The van der Waals surface area contributed by atoms with Crippen molar-refractivity contribution in [3.05, 3.63) is 41.7 Å². The van der Waals surface area contributed by atoms with E-state index in [4.69, 9.17) is 4.42 Å². The number of rotatable bonds is 6. The van der Waals surface area contributed by atoms with Gasteiger partial charge in [0.25, 0.3) is 0 Å². The van der Waals surface area contributed by atoms with Crippen LogP contribution in [0.15, 0.2) is 44.5 Å². The largest absolute Gasteiger partial charge is 0.468 e. The molecule has 0 aliphatic rings. The molecule has 0 aliphatic carbocycles. The molecule has 7 heteroatoms. The van der Waals surface area contributed by atoms with E-state index in [1.165, 1.54) is 6.26 Å². The van der Waals surface area contributed by atoms with Crippen molar-refractivity contribution >= 4 is 27.1 Å². The van der Waals surface area contributed by atoms with Crippen molar-refractivity contribution in [2.75, 3.05) is 6.54 Å². The van der Waals surface area contributed by atoms with Crippen LogP contribution >= 0.6 is 11.3 Å². The van der Waals surface area contributed by atoms with Crippen molar-refractivity contribution < 1.29 is 17.6 Å². The van der Waals surface area contributed by atoms with Gasteiger partial charge in [0.1, 0.15) is 15.2 Å². The molecule has 2 rings (SSSR count). The van der Waals surface area contributed by atoms with Gasteiger partial charge in [-0.1, -0.05) is 19.9 Å². The van der Waals surface area contributed by atoms with Crippen LogP contribution in [-0.2, 0) is 14.6 Å². The Morgan fingerprint density at radius 1 is 1.33 bits per heavy atom. The van der Waals surface area contributed by atoms with Crippen molar-refractivity contribution in [3.63, 3.8) is 0 Å². The standard InChI is InChI=1S/C14H17NO4S2/c1-10(2)14(16)15-9-12(11-5-3-7-19-11)21(17,18)13-6-4-8-20-13/h3-8,10,12H,9H2,1-2H3,(H,15,16)/t12-/m0/s1. The number of hydrogen-bond donors (Lipinski definition) is 1. The van der Waals surface area contributed by atoms with Crippen LogP contribution in [0.25, 0.3) is 0 Å². The first-order chi connectivity index (χ1) is 9.93. The highest BCUT2D eigenvalue weighted by molar-refractivity contribution is 7.93. The van der Waals surface area contributed by atoms with Crippen LogP contribution in [-0.4, -0.2) is 20.9 Å². The lowest BCUT2D eigenvalue weighted by Crippen LogP contribution is -2.34. The number of thiophene rings is 1. The van der Waals surface area contributed by atoms with Crippen LogP contribution in [0.2, 0.25) is 0 Å². The molecule has 21 heavy (non-hydrogen) atoms. The topological polar surface area (TPSA) is 76.4 Å². The number of nitrogens with one attached hydrogen (secondary N) is 1. The first kappa shape index (κ1) is 15.8. The molecule has 0 saturated heterocycles. The highest BCUT2D eigenvalue weighted by Gasteiger charge is 2.32. The maximum atomic E-state index is 12.7. The molecule has 0 spiro atoms. The van der Waals surface area contributed by atoms with Gasteiger partial charge in [-0.05, 0) is 23.6 Å². The Bertz CT molecular complexity index is 673. The van der Waals surface area contributed by atoms with Crippen LogP contribution in [0.3, 0.4) is 0 Å². The second-order valence-electron chi connectivity index (χ2n) is 4.88. The van der Waals surface area contributed by atoms with Gasteiger partial charge in [-0.3, -0.25) is 4.79 Å². The number of carbonyl (C=O) groups is 1. The van der Waals surface area contributed by atoms with Gasteiger partial charge in [0, 0.05) is 12.5 Å². The van der Waals surface area contributed by atoms with Gasteiger partial charge in [0.15, 0.2) is 9.84 Å². The van der Waals surface area contributed by atoms with E-state index in [0.717, 1.165) is 11.3 Å². The fourth-order valence-corrected chi connectivity index (χ4v) is 4.59. The summed E-state index contributed by atoms with van der Waals surface area (Å²) in [5.74, 6) is -0.0629. The number of sulfone groups is 1. The SMILES string of the molecule is CC(C)C(=O)NC[C@@H](c1ccco1)S(=O)(=O)c1cccs1. The summed E-state index contributed by atoms with van der Waals surface area (Å²) in [7, 11) is -3.59.